The Morgan fingerprint density at radius 3 is 2.88 bits per heavy atom. The van der Waals surface area contributed by atoms with E-state index in [0.717, 1.165) is 29.1 Å². The molecule has 2 fully saturated rings. The Labute approximate surface area is 144 Å². The molecule has 128 valence electrons. The zero-order valence-electron chi connectivity index (χ0n) is 13.9. The summed E-state index contributed by atoms with van der Waals surface area (Å²) in [6, 6.07) is 3.92. The normalized spacial score (nSPS) is 27.1. The topological polar surface area (TPSA) is 68.5 Å². The zero-order chi connectivity index (χ0) is 16.7. The van der Waals surface area contributed by atoms with Gasteiger partial charge in [0.25, 0.3) is 5.91 Å². The third-order valence-corrected chi connectivity index (χ3v) is 5.96. The molecule has 0 unspecified atom stereocenters. The summed E-state index contributed by atoms with van der Waals surface area (Å²) in [5.74, 6) is 1.79. The van der Waals surface area contributed by atoms with Crippen LogP contribution in [-0.2, 0) is 4.74 Å². The zero-order valence-corrected chi connectivity index (χ0v) is 14.7. The molecule has 4 rings (SSSR count). The maximum Gasteiger partial charge on any atom is 0.263 e. The monoisotopic (exact) mass is 347 g/mol. The quantitative estimate of drug-likeness (QED) is 0.835. The molecule has 0 aromatic carbocycles. The summed E-state index contributed by atoms with van der Waals surface area (Å²) in [6.07, 6.45) is 1.90. The van der Waals surface area contributed by atoms with Crippen LogP contribution in [0, 0.1) is 19.8 Å². The van der Waals surface area contributed by atoms with Gasteiger partial charge in [-0.3, -0.25) is 4.79 Å². The molecule has 4 heterocycles. The fourth-order valence-corrected chi connectivity index (χ4v) is 4.61. The van der Waals surface area contributed by atoms with Crippen molar-refractivity contribution in [1.82, 2.24) is 15.1 Å². The number of carbonyl (C=O) groups is 1. The summed E-state index contributed by atoms with van der Waals surface area (Å²) >= 11 is 1.56. The van der Waals surface area contributed by atoms with Gasteiger partial charge in [0.2, 0.25) is 11.8 Å². The number of fused-ring (bicyclic) bond motifs is 1. The van der Waals surface area contributed by atoms with Crippen LogP contribution in [0.25, 0.3) is 0 Å². The second-order valence-electron chi connectivity index (χ2n) is 6.58. The van der Waals surface area contributed by atoms with Crippen LogP contribution in [0.4, 0.5) is 0 Å². The van der Waals surface area contributed by atoms with Gasteiger partial charge in [0.1, 0.15) is 0 Å². The molecule has 2 aromatic rings. The Morgan fingerprint density at radius 2 is 2.17 bits per heavy atom. The maximum absolute atomic E-state index is 12.8. The molecule has 2 saturated heterocycles. The highest BCUT2D eigenvalue weighted by Crippen LogP contribution is 2.39. The van der Waals surface area contributed by atoms with Crippen LogP contribution >= 0.6 is 11.3 Å². The summed E-state index contributed by atoms with van der Waals surface area (Å²) in [5.41, 5.74) is 0. The van der Waals surface area contributed by atoms with Crippen molar-refractivity contribution in [2.75, 3.05) is 19.7 Å². The number of nitrogens with zero attached hydrogens (tertiary/aromatic N) is 3. The lowest BCUT2D eigenvalue weighted by atomic mass is 9.79. The number of hydrogen-bond acceptors (Lipinski definition) is 6. The molecule has 1 amide bonds. The first-order valence-corrected chi connectivity index (χ1v) is 9.21. The minimum Gasteiger partial charge on any atom is -0.425 e. The van der Waals surface area contributed by atoms with E-state index in [1.165, 1.54) is 0 Å². The van der Waals surface area contributed by atoms with Gasteiger partial charge in [-0.1, -0.05) is 0 Å². The maximum atomic E-state index is 12.8. The Hall–Kier alpha value is -1.73. The molecule has 2 aromatic heterocycles. The highest BCUT2D eigenvalue weighted by Gasteiger charge is 2.42. The van der Waals surface area contributed by atoms with Crippen molar-refractivity contribution in [2.24, 2.45) is 5.92 Å². The van der Waals surface area contributed by atoms with E-state index in [9.17, 15) is 4.79 Å². The van der Waals surface area contributed by atoms with Crippen LogP contribution in [0.15, 0.2) is 16.5 Å². The second-order valence-corrected chi connectivity index (χ2v) is 7.87. The second kappa shape index (κ2) is 6.29. The largest absolute Gasteiger partial charge is 0.425 e. The fraction of sp³-hybridized carbons (Fsp3) is 0.588. The lowest BCUT2D eigenvalue weighted by Crippen LogP contribution is -2.50. The molecular weight excluding hydrogens is 326 g/mol. The van der Waals surface area contributed by atoms with E-state index in [1.807, 2.05) is 30.9 Å². The Morgan fingerprint density at radius 1 is 1.29 bits per heavy atom. The molecule has 6 nitrogen and oxygen atoms in total. The van der Waals surface area contributed by atoms with E-state index in [1.54, 1.807) is 11.3 Å². The van der Waals surface area contributed by atoms with Gasteiger partial charge >= 0.3 is 0 Å². The smallest absolute Gasteiger partial charge is 0.263 e. The van der Waals surface area contributed by atoms with Crippen molar-refractivity contribution in [2.45, 2.75) is 38.7 Å². The van der Waals surface area contributed by atoms with Gasteiger partial charge in [-0.05, 0) is 31.9 Å². The molecule has 0 saturated carbocycles. The fourth-order valence-electron chi connectivity index (χ4n) is 3.77. The third-order valence-electron chi connectivity index (χ3n) is 4.97. The van der Waals surface area contributed by atoms with Gasteiger partial charge in [-0.2, -0.15) is 0 Å². The molecule has 0 aliphatic carbocycles. The van der Waals surface area contributed by atoms with Crippen molar-refractivity contribution in [3.8, 4) is 0 Å². The number of hydrogen-bond donors (Lipinski definition) is 0. The van der Waals surface area contributed by atoms with E-state index < -0.39 is 0 Å². The molecule has 0 radical (unpaired) electrons. The molecular formula is C17H21N3O3S. The predicted octanol–water partition coefficient (Wildman–Crippen LogP) is 2.78. The first-order chi connectivity index (χ1) is 11.6. The number of aryl methyl sites for hydroxylation is 2. The lowest BCUT2D eigenvalue weighted by Gasteiger charge is -2.43. The molecule has 0 N–H and O–H groups in total. The van der Waals surface area contributed by atoms with Gasteiger partial charge < -0.3 is 14.1 Å². The minimum atomic E-state index is 0.123. The number of ether oxygens (including phenoxy) is 1. The molecule has 2 aliphatic heterocycles. The molecule has 0 bridgehead atoms. The van der Waals surface area contributed by atoms with E-state index in [-0.39, 0.29) is 23.8 Å². The Balaban J connectivity index is 1.54. The van der Waals surface area contributed by atoms with Crippen LogP contribution in [0.3, 0.4) is 0 Å². The van der Waals surface area contributed by atoms with Crippen molar-refractivity contribution in [3.63, 3.8) is 0 Å². The number of amides is 1. The van der Waals surface area contributed by atoms with Crippen LogP contribution in [-0.4, -0.2) is 46.8 Å². The first kappa shape index (κ1) is 15.8. The summed E-state index contributed by atoms with van der Waals surface area (Å²) in [7, 11) is 0. The number of thiophene rings is 1. The average molecular weight is 347 g/mol. The summed E-state index contributed by atoms with van der Waals surface area (Å²) in [4.78, 5) is 16.7. The number of piperidine rings is 1. The summed E-state index contributed by atoms with van der Waals surface area (Å²) < 4.78 is 11.6. The van der Waals surface area contributed by atoms with E-state index in [4.69, 9.17) is 9.15 Å². The van der Waals surface area contributed by atoms with Gasteiger partial charge in [-0.15, -0.1) is 21.5 Å². The van der Waals surface area contributed by atoms with Gasteiger partial charge in [0, 0.05) is 43.3 Å². The number of aromatic nitrogens is 2. The molecule has 7 heteroatoms. The predicted molar refractivity (Wildman–Crippen MR) is 89.2 cm³/mol. The van der Waals surface area contributed by atoms with E-state index in [2.05, 4.69) is 10.2 Å². The van der Waals surface area contributed by atoms with Gasteiger partial charge in [0.05, 0.1) is 11.0 Å². The molecule has 2 aliphatic rings. The van der Waals surface area contributed by atoms with Crippen LogP contribution in [0.1, 0.15) is 45.1 Å². The highest BCUT2D eigenvalue weighted by atomic mass is 32.1. The van der Waals surface area contributed by atoms with E-state index >= 15 is 0 Å². The lowest BCUT2D eigenvalue weighted by molar-refractivity contribution is -0.0750. The number of likely N-dealkylation sites (tertiary alicyclic amines) is 1. The average Bonchev–Trinajstić information content (AvgIpc) is 3.21. The molecule has 3 atom stereocenters. The molecule has 0 spiro atoms. The first-order valence-electron chi connectivity index (χ1n) is 8.39. The van der Waals surface area contributed by atoms with E-state index in [0.29, 0.717) is 24.9 Å². The van der Waals surface area contributed by atoms with Crippen molar-refractivity contribution in [1.29, 1.82) is 0 Å². The summed E-state index contributed by atoms with van der Waals surface area (Å²) in [5, 5.41) is 8.19. The van der Waals surface area contributed by atoms with Crippen LogP contribution < -0.4 is 0 Å². The van der Waals surface area contributed by atoms with Gasteiger partial charge in [-0.25, -0.2) is 0 Å². The van der Waals surface area contributed by atoms with Crippen molar-refractivity contribution >= 4 is 17.2 Å². The number of rotatable bonds is 2. The van der Waals surface area contributed by atoms with Crippen LogP contribution in [0.5, 0.6) is 0 Å². The SMILES string of the molecule is Cc1nnc([C@@H]2CCO[C@@H]3CCN(C(=O)c4ccc(C)s4)C[C@@H]32)o1. The number of carbonyl (C=O) groups excluding carboxylic acids is 1. The van der Waals surface area contributed by atoms with Crippen molar-refractivity contribution in [3.05, 3.63) is 33.7 Å². The third kappa shape index (κ3) is 2.86. The molecule has 24 heavy (non-hydrogen) atoms. The van der Waals surface area contributed by atoms with Gasteiger partial charge in [0.15, 0.2) is 0 Å². The standard InChI is InChI=1S/C17H21N3O3S/c1-10-3-4-15(24-10)17(21)20-7-5-14-13(9-20)12(6-8-22-14)16-19-18-11(2)23-16/h3-4,12-14H,5-9H2,1-2H3/t12-,13-,14-/m1/s1. The minimum absolute atomic E-state index is 0.123. The summed E-state index contributed by atoms with van der Waals surface area (Å²) in [6.45, 7) is 5.98. The Kier molecular flexibility index (Phi) is 4.14. The van der Waals surface area contributed by atoms with Crippen molar-refractivity contribution < 1.29 is 13.9 Å². The highest BCUT2D eigenvalue weighted by molar-refractivity contribution is 7.13. The Bertz CT molecular complexity index is 741. The van der Waals surface area contributed by atoms with Crippen LogP contribution in [0.2, 0.25) is 0 Å².